The van der Waals surface area contributed by atoms with Crippen LogP contribution in [0.2, 0.25) is 0 Å². The van der Waals surface area contributed by atoms with Crippen LogP contribution in [0.25, 0.3) is 0 Å². The summed E-state index contributed by atoms with van der Waals surface area (Å²) in [7, 11) is 0. The molecule has 0 aliphatic rings. The highest BCUT2D eigenvalue weighted by atomic mass is 19.1. The van der Waals surface area contributed by atoms with E-state index in [0.29, 0.717) is 0 Å². The van der Waals surface area contributed by atoms with E-state index in [1.54, 1.807) is 0 Å². The Morgan fingerprint density at radius 3 is 2.33 bits per heavy atom. The van der Waals surface area contributed by atoms with Crippen LogP contribution in [0, 0.1) is 11.6 Å². The van der Waals surface area contributed by atoms with Crippen LogP contribution in [-0.4, -0.2) is 17.7 Å². The van der Waals surface area contributed by atoms with E-state index in [-0.39, 0.29) is 18.2 Å². The molecule has 102 valence electrons. The van der Waals surface area contributed by atoms with Crippen molar-refractivity contribution < 1.29 is 13.9 Å². The number of aliphatic hydroxyl groups excluding tert-OH is 1. The smallest absolute Gasteiger partial charge is 0.131 e. The molecule has 0 heterocycles. The monoisotopic (exact) mass is 257 g/mol. The van der Waals surface area contributed by atoms with Crippen molar-refractivity contribution >= 4 is 0 Å². The van der Waals surface area contributed by atoms with Gasteiger partial charge in [-0.15, -0.1) is 0 Å². The van der Waals surface area contributed by atoms with E-state index in [0.717, 1.165) is 31.4 Å². The lowest BCUT2D eigenvalue weighted by atomic mass is 10.1. The minimum atomic E-state index is -1.16. The molecule has 0 spiro atoms. The molecule has 1 aromatic rings. The molecule has 1 aromatic carbocycles. The topological polar surface area (TPSA) is 32.3 Å². The molecule has 0 amide bonds. The quantitative estimate of drug-likeness (QED) is 0.786. The maximum Gasteiger partial charge on any atom is 0.131 e. The van der Waals surface area contributed by atoms with Crippen LogP contribution in [0.5, 0.6) is 0 Å². The third-order valence-electron chi connectivity index (χ3n) is 3.06. The molecule has 2 nitrogen and oxygen atoms in total. The first-order valence-electron chi connectivity index (χ1n) is 6.45. The number of benzene rings is 1. The fraction of sp³-hybridized carbons (Fsp3) is 0.571. The minimum absolute atomic E-state index is 0.163. The van der Waals surface area contributed by atoms with E-state index in [1.165, 1.54) is 6.07 Å². The summed E-state index contributed by atoms with van der Waals surface area (Å²) in [5.41, 5.74) is -0.253. The number of aliphatic hydroxyl groups is 1. The van der Waals surface area contributed by atoms with E-state index >= 15 is 0 Å². The zero-order chi connectivity index (χ0) is 13.5. The fourth-order valence-corrected chi connectivity index (χ4v) is 2.01. The van der Waals surface area contributed by atoms with Gasteiger partial charge in [0.1, 0.15) is 11.6 Å². The maximum atomic E-state index is 13.4. The zero-order valence-electron chi connectivity index (χ0n) is 10.9. The van der Waals surface area contributed by atoms with Crippen LogP contribution in [-0.2, 0) is 0 Å². The Morgan fingerprint density at radius 1 is 1.22 bits per heavy atom. The second kappa shape index (κ2) is 7.44. The van der Waals surface area contributed by atoms with Gasteiger partial charge in [0.25, 0.3) is 0 Å². The first-order valence-corrected chi connectivity index (χ1v) is 6.45. The summed E-state index contributed by atoms with van der Waals surface area (Å²) in [5.74, 6) is -1.40. The highest BCUT2D eigenvalue weighted by molar-refractivity contribution is 5.22. The van der Waals surface area contributed by atoms with Crippen LogP contribution < -0.4 is 5.32 Å². The van der Waals surface area contributed by atoms with Gasteiger partial charge in [0.05, 0.1) is 11.7 Å². The van der Waals surface area contributed by atoms with Crippen LogP contribution in [0.1, 0.15) is 44.8 Å². The van der Waals surface area contributed by atoms with Crippen LogP contribution in [0.4, 0.5) is 8.78 Å². The summed E-state index contributed by atoms with van der Waals surface area (Å²) >= 11 is 0. The van der Waals surface area contributed by atoms with Gasteiger partial charge in [0.2, 0.25) is 0 Å². The molecular formula is C14H21F2NO. The summed E-state index contributed by atoms with van der Waals surface area (Å²) < 4.78 is 26.9. The van der Waals surface area contributed by atoms with E-state index in [2.05, 4.69) is 12.2 Å². The Hall–Kier alpha value is -1.00. The molecule has 0 bridgehead atoms. The van der Waals surface area contributed by atoms with Crippen molar-refractivity contribution in [2.45, 2.75) is 45.3 Å². The lowest BCUT2D eigenvalue weighted by Crippen LogP contribution is -2.32. The summed E-state index contributed by atoms with van der Waals surface area (Å²) in [5, 5.41) is 13.0. The number of nitrogens with one attached hydrogen (secondary N) is 1. The minimum Gasteiger partial charge on any atom is -0.387 e. The molecule has 0 aliphatic heterocycles. The standard InChI is InChI=1S/C14H21F2NO/c1-3-6-10(4-2)17-9-13(18)14-11(15)7-5-8-12(14)16/h5,7-8,10,13,17-18H,3-4,6,9H2,1-2H3. The van der Waals surface area contributed by atoms with Crippen molar-refractivity contribution in [1.29, 1.82) is 0 Å². The molecule has 4 heteroatoms. The molecule has 0 aromatic heterocycles. The first-order chi connectivity index (χ1) is 8.60. The SMILES string of the molecule is CCCC(CC)NCC(O)c1c(F)cccc1F. The van der Waals surface area contributed by atoms with Gasteiger partial charge in [-0.2, -0.15) is 0 Å². The highest BCUT2D eigenvalue weighted by Crippen LogP contribution is 2.20. The Kier molecular flexibility index (Phi) is 6.22. The highest BCUT2D eigenvalue weighted by Gasteiger charge is 2.18. The van der Waals surface area contributed by atoms with Crippen molar-refractivity contribution in [3.05, 3.63) is 35.4 Å². The average molecular weight is 257 g/mol. The fourth-order valence-electron chi connectivity index (χ4n) is 2.01. The van der Waals surface area contributed by atoms with Crippen LogP contribution in [0.3, 0.4) is 0 Å². The zero-order valence-corrected chi connectivity index (χ0v) is 10.9. The summed E-state index contributed by atoms with van der Waals surface area (Å²) in [4.78, 5) is 0. The molecule has 0 aliphatic carbocycles. The molecule has 0 radical (unpaired) electrons. The number of hydrogen-bond donors (Lipinski definition) is 2. The Labute approximate surface area is 107 Å². The Morgan fingerprint density at radius 2 is 1.83 bits per heavy atom. The van der Waals surface area contributed by atoms with Crippen molar-refractivity contribution in [2.24, 2.45) is 0 Å². The second-order valence-electron chi connectivity index (χ2n) is 4.45. The third-order valence-corrected chi connectivity index (χ3v) is 3.06. The van der Waals surface area contributed by atoms with Gasteiger partial charge in [0, 0.05) is 12.6 Å². The van der Waals surface area contributed by atoms with E-state index in [1.807, 2.05) is 6.92 Å². The van der Waals surface area contributed by atoms with E-state index < -0.39 is 17.7 Å². The molecule has 2 atom stereocenters. The largest absolute Gasteiger partial charge is 0.387 e. The summed E-state index contributed by atoms with van der Waals surface area (Å²) in [6.07, 6.45) is 1.80. The van der Waals surface area contributed by atoms with Gasteiger partial charge < -0.3 is 10.4 Å². The van der Waals surface area contributed by atoms with Gasteiger partial charge in [-0.25, -0.2) is 8.78 Å². The molecule has 18 heavy (non-hydrogen) atoms. The lowest BCUT2D eigenvalue weighted by molar-refractivity contribution is 0.159. The van der Waals surface area contributed by atoms with Crippen molar-refractivity contribution in [1.82, 2.24) is 5.32 Å². The van der Waals surface area contributed by atoms with Crippen molar-refractivity contribution in [2.75, 3.05) is 6.54 Å². The Balaban J connectivity index is 2.62. The molecule has 0 saturated heterocycles. The molecule has 0 saturated carbocycles. The van der Waals surface area contributed by atoms with E-state index in [4.69, 9.17) is 0 Å². The average Bonchev–Trinajstić information content (AvgIpc) is 2.34. The maximum absolute atomic E-state index is 13.4. The van der Waals surface area contributed by atoms with Gasteiger partial charge in [0.15, 0.2) is 0 Å². The predicted octanol–water partition coefficient (Wildman–Crippen LogP) is 3.17. The summed E-state index contributed by atoms with van der Waals surface area (Å²) in [6.45, 7) is 4.29. The number of hydrogen-bond acceptors (Lipinski definition) is 2. The number of halogens is 2. The third kappa shape index (κ3) is 4.03. The predicted molar refractivity (Wildman–Crippen MR) is 68.3 cm³/mol. The van der Waals surface area contributed by atoms with E-state index in [9.17, 15) is 13.9 Å². The Bertz CT molecular complexity index is 351. The lowest BCUT2D eigenvalue weighted by Gasteiger charge is -2.19. The van der Waals surface area contributed by atoms with Crippen LogP contribution >= 0.6 is 0 Å². The molecule has 2 unspecified atom stereocenters. The second-order valence-corrected chi connectivity index (χ2v) is 4.45. The molecule has 0 fully saturated rings. The molecular weight excluding hydrogens is 236 g/mol. The first kappa shape index (κ1) is 15.1. The van der Waals surface area contributed by atoms with Gasteiger partial charge in [-0.05, 0) is 25.0 Å². The van der Waals surface area contributed by atoms with Gasteiger partial charge >= 0.3 is 0 Å². The van der Waals surface area contributed by atoms with Crippen molar-refractivity contribution in [3.8, 4) is 0 Å². The summed E-state index contributed by atoms with van der Waals surface area (Å²) in [6, 6.07) is 3.88. The molecule has 1 rings (SSSR count). The van der Waals surface area contributed by atoms with Gasteiger partial charge in [-0.3, -0.25) is 0 Å². The van der Waals surface area contributed by atoms with Crippen LogP contribution in [0.15, 0.2) is 18.2 Å². The normalized spacial score (nSPS) is 14.5. The molecule has 2 N–H and O–H groups in total. The van der Waals surface area contributed by atoms with Gasteiger partial charge in [-0.1, -0.05) is 26.3 Å². The number of rotatable bonds is 7. The van der Waals surface area contributed by atoms with Crippen molar-refractivity contribution in [3.63, 3.8) is 0 Å².